The quantitative estimate of drug-likeness (QED) is 0.803. The second-order valence-corrected chi connectivity index (χ2v) is 5.70. The van der Waals surface area contributed by atoms with Crippen molar-refractivity contribution in [3.8, 4) is 5.75 Å². The van der Waals surface area contributed by atoms with Crippen molar-refractivity contribution in [1.29, 1.82) is 0 Å². The molecule has 2 aromatic carbocycles. The van der Waals surface area contributed by atoms with Crippen molar-refractivity contribution in [2.24, 2.45) is 0 Å². The van der Waals surface area contributed by atoms with E-state index in [0.29, 0.717) is 18.7 Å². The molecule has 0 spiro atoms. The predicted octanol–water partition coefficient (Wildman–Crippen LogP) is 3.96. The number of amides is 1. The van der Waals surface area contributed by atoms with Crippen molar-refractivity contribution < 1.29 is 9.53 Å². The molecular formula is C17H18BrNO2. The number of halogens is 1. The van der Waals surface area contributed by atoms with E-state index in [4.69, 9.17) is 4.74 Å². The second kappa shape index (κ2) is 7.84. The van der Waals surface area contributed by atoms with Crippen LogP contribution in [-0.4, -0.2) is 19.1 Å². The molecule has 0 unspecified atom stereocenters. The Hall–Kier alpha value is -1.81. The largest absolute Gasteiger partial charge is 0.494 e. The van der Waals surface area contributed by atoms with Crippen LogP contribution >= 0.6 is 15.9 Å². The molecule has 1 N–H and O–H groups in total. The highest BCUT2D eigenvalue weighted by molar-refractivity contribution is 9.10. The summed E-state index contributed by atoms with van der Waals surface area (Å²) in [4.78, 5) is 12.0. The number of aryl methyl sites for hydroxylation is 1. The van der Waals surface area contributed by atoms with Crippen LogP contribution in [0.1, 0.15) is 22.3 Å². The van der Waals surface area contributed by atoms with Crippen LogP contribution in [-0.2, 0) is 0 Å². The lowest BCUT2D eigenvalue weighted by Gasteiger charge is -2.08. The summed E-state index contributed by atoms with van der Waals surface area (Å²) in [6, 6.07) is 15.3. The molecule has 0 radical (unpaired) electrons. The van der Waals surface area contributed by atoms with Gasteiger partial charge >= 0.3 is 0 Å². The molecular weight excluding hydrogens is 330 g/mol. The highest BCUT2D eigenvalue weighted by Gasteiger charge is 2.06. The lowest BCUT2D eigenvalue weighted by Crippen LogP contribution is -2.25. The number of carbonyl (C=O) groups excluding carboxylic acids is 1. The zero-order chi connectivity index (χ0) is 15.1. The van der Waals surface area contributed by atoms with Crippen LogP contribution in [0.25, 0.3) is 0 Å². The Morgan fingerprint density at radius 1 is 1.19 bits per heavy atom. The molecule has 21 heavy (non-hydrogen) atoms. The van der Waals surface area contributed by atoms with Gasteiger partial charge in [-0.15, -0.1) is 0 Å². The number of nitrogens with one attached hydrogen (secondary N) is 1. The fourth-order valence-corrected chi connectivity index (χ4v) is 2.56. The number of carbonyl (C=O) groups is 1. The van der Waals surface area contributed by atoms with Crippen molar-refractivity contribution >= 4 is 21.8 Å². The van der Waals surface area contributed by atoms with Crippen molar-refractivity contribution in [2.75, 3.05) is 13.2 Å². The van der Waals surface area contributed by atoms with Gasteiger partial charge in [-0.05, 0) is 49.2 Å². The highest BCUT2D eigenvalue weighted by atomic mass is 79.9. The molecule has 1 amide bonds. The third-order valence-corrected chi connectivity index (χ3v) is 3.38. The Bertz CT molecular complexity index is 579. The summed E-state index contributed by atoms with van der Waals surface area (Å²) in [6.07, 6.45) is 0.771. The fraction of sp³-hybridized carbons (Fsp3) is 0.235. The molecule has 2 rings (SSSR count). The van der Waals surface area contributed by atoms with Crippen molar-refractivity contribution in [1.82, 2.24) is 5.32 Å². The van der Waals surface area contributed by atoms with Crippen LogP contribution in [0.3, 0.4) is 0 Å². The maximum Gasteiger partial charge on any atom is 0.251 e. The van der Waals surface area contributed by atoms with E-state index in [2.05, 4.69) is 21.2 Å². The Labute approximate surface area is 133 Å². The molecule has 0 heterocycles. The molecule has 4 heteroatoms. The van der Waals surface area contributed by atoms with Crippen molar-refractivity contribution in [2.45, 2.75) is 13.3 Å². The van der Waals surface area contributed by atoms with Gasteiger partial charge in [0, 0.05) is 16.6 Å². The van der Waals surface area contributed by atoms with Gasteiger partial charge in [-0.25, -0.2) is 0 Å². The second-order valence-electron chi connectivity index (χ2n) is 4.79. The molecule has 0 aromatic heterocycles. The molecule has 110 valence electrons. The Morgan fingerprint density at radius 3 is 2.67 bits per heavy atom. The molecule has 2 aromatic rings. The van der Waals surface area contributed by atoms with Gasteiger partial charge in [-0.2, -0.15) is 0 Å². The molecule has 0 bridgehead atoms. The fourth-order valence-electron chi connectivity index (χ4n) is 1.95. The first kappa shape index (κ1) is 15.6. The first-order valence-corrected chi connectivity index (χ1v) is 7.68. The van der Waals surface area contributed by atoms with E-state index in [0.717, 1.165) is 22.2 Å². The molecule has 0 aliphatic heterocycles. The van der Waals surface area contributed by atoms with Gasteiger partial charge in [0.1, 0.15) is 5.75 Å². The average molecular weight is 348 g/mol. The minimum atomic E-state index is -0.0564. The summed E-state index contributed by atoms with van der Waals surface area (Å²) < 4.78 is 6.49. The number of para-hydroxylation sites is 1. The summed E-state index contributed by atoms with van der Waals surface area (Å²) in [5.74, 6) is 0.797. The minimum Gasteiger partial charge on any atom is -0.494 e. The topological polar surface area (TPSA) is 38.3 Å². The third kappa shape index (κ3) is 5.23. The zero-order valence-electron chi connectivity index (χ0n) is 11.9. The molecule has 0 atom stereocenters. The van der Waals surface area contributed by atoms with Crippen LogP contribution in [0.15, 0.2) is 53.0 Å². The van der Waals surface area contributed by atoms with Crippen molar-refractivity contribution in [3.63, 3.8) is 0 Å². The third-order valence-electron chi connectivity index (χ3n) is 2.92. The predicted molar refractivity (Wildman–Crippen MR) is 87.8 cm³/mol. The molecule has 0 aliphatic rings. The van der Waals surface area contributed by atoms with Crippen LogP contribution in [0.2, 0.25) is 0 Å². The number of hydrogen-bond acceptors (Lipinski definition) is 2. The summed E-state index contributed by atoms with van der Waals surface area (Å²) >= 11 is 3.40. The molecule has 0 aliphatic carbocycles. The summed E-state index contributed by atoms with van der Waals surface area (Å²) in [5, 5.41) is 2.90. The van der Waals surface area contributed by atoms with E-state index >= 15 is 0 Å². The summed E-state index contributed by atoms with van der Waals surface area (Å²) in [7, 11) is 0. The number of rotatable bonds is 6. The van der Waals surface area contributed by atoms with Gasteiger partial charge in [0.25, 0.3) is 5.91 Å². The van der Waals surface area contributed by atoms with E-state index in [-0.39, 0.29) is 5.91 Å². The number of hydrogen-bond donors (Lipinski definition) is 1. The van der Waals surface area contributed by atoms with E-state index in [1.807, 2.05) is 55.5 Å². The van der Waals surface area contributed by atoms with Gasteiger partial charge < -0.3 is 10.1 Å². The van der Waals surface area contributed by atoms with Crippen LogP contribution in [0.4, 0.5) is 0 Å². The van der Waals surface area contributed by atoms with Gasteiger partial charge in [-0.1, -0.05) is 34.1 Å². The average Bonchev–Trinajstić information content (AvgIpc) is 2.47. The Balaban J connectivity index is 1.72. The molecule has 0 fully saturated rings. The van der Waals surface area contributed by atoms with E-state index in [1.54, 1.807) is 0 Å². The maximum absolute atomic E-state index is 12.0. The summed E-state index contributed by atoms with van der Waals surface area (Å²) in [6.45, 7) is 3.15. The monoisotopic (exact) mass is 347 g/mol. The van der Waals surface area contributed by atoms with Gasteiger partial charge in [-0.3, -0.25) is 4.79 Å². The normalized spacial score (nSPS) is 10.2. The first-order valence-electron chi connectivity index (χ1n) is 6.88. The molecule has 0 saturated carbocycles. The number of benzene rings is 2. The first-order chi connectivity index (χ1) is 10.1. The van der Waals surface area contributed by atoms with Gasteiger partial charge in [0.05, 0.1) is 6.61 Å². The lowest BCUT2D eigenvalue weighted by molar-refractivity contribution is 0.0951. The highest BCUT2D eigenvalue weighted by Crippen LogP contribution is 2.15. The molecule has 0 saturated heterocycles. The summed E-state index contributed by atoms with van der Waals surface area (Å²) in [5.41, 5.74) is 1.73. The maximum atomic E-state index is 12.0. The Kier molecular flexibility index (Phi) is 5.81. The molecule has 3 nitrogen and oxygen atoms in total. The van der Waals surface area contributed by atoms with Crippen molar-refractivity contribution in [3.05, 3.63) is 64.1 Å². The SMILES string of the molecule is Cc1cc(Br)cc(C(=O)NCCCOc2ccccc2)c1. The van der Waals surface area contributed by atoms with E-state index < -0.39 is 0 Å². The van der Waals surface area contributed by atoms with Crippen LogP contribution in [0.5, 0.6) is 5.75 Å². The minimum absolute atomic E-state index is 0.0564. The van der Waals surface area contributed by atoms with Crippen LogP contribution in [0, 0.1) is 6.92 Å². The van der Waals surface area contributed by atoms with E-state index in [1.165, 1.54) is 0 Å². The lowest BCUT2D eigenvalue weighted by atomic mass is 10.1. The van der Waals surface area contributed by atoms with Gasteiger partial charge in [0.15, 0.2) is 0 Å². The van der Waals surface area contributed by atoms with Gasteiger partial charge in [0.2, 0.25) is 0 Å². The number of ether oxygens (including phenoxy) is 1. The van der Waals surface area contributed by atoms with Crippen LogP contribution < -0.4 is 10.1 Å². The zero-order valence-corrected chi connectivity index (χ0v) is 13.5. The smallest absolute Gasteiger partial charge is 0.251 e. The van der Waals surface area contributed by atoms with E-state index in [9.17, 15) is 4.79 Å². The standard InChI is InChI=1S/C17H18BrNO2/c1-13-10-14(12-15(18)11-13)17(20)19-8-5-9-21-16-6-3-2-4-7-16/h2-4,6-7,10-12H,5,8-9H2,1H3,(H,19,20). The Morgan fingerprint density at radius 2 is 1.95 bits per heavy atom.